The Bertz CT molecular complexity index is 465. The van der Waals surface area contributed by atoms with Crippen molar-refractivity contribution in [2.45, 2.75) is 59.0 Å². The molecule has 21 heavy (non-hydrogen) atoms. The van der Waals surface area contributed by atoms with E-state index >= 15 is 0 Å². The van der Waals surface area contributed by atoms with Crippen molar-refractivity contribution >= 4 is 17.3 Å². The summed E-state index contributed by atoms with van der Waals surface area (Å²) < 4.78 is 0. The third-order valence-electron chi connectivity index (χ3n) is 4.16. The van der Waals surface area contributed by atoms with Gasteiger partial charge in [0.15, 0.2) is 0 Å². The van der Waals surface area contributed by atoms with Crippen molar-refractivity contribution in [3.8, 4) is 0 Å². The van der Waals surface area contributed by atoms with Gasteiger partial charge in [-0.15, -0.1) is 0 Å². The van der Waals surface area contributed by atoms with Gasteiger partial charge in [-0.2, -0.15) is 0 Å². The molecule has 1 aliphatic heterocycles. The minimum Gasteiger partial charge on any atom is -0.370 e. The van der Waals surface area contributed by atoms with Crippen LogP contribution in [0.15, 0.2) is 18.2 Å². The second-order valence-corrected chi connectivity index (χ2v) is 7.69. The van der Waals surface area contributed by atoms with Crippen molar-refractivity contribution in [1.29, 1.82) is 0 Å². The van der Waals surface area contributed by atoms with Crippen molar-refractivity contribution < 1.29 is 0 Å². The Morgan fingerprint density at radius 2 is 2.10 bits per heavy atom. The van der Waals surface area contributed by atoms with Gasteiger partial charge in [-0.05, 0) is 57.2 Å². The second kappa shape index (κ2) is 7.02. The van der Waals surface area contributed by atoms with Gasteiger partial charge in [-0.1, -0.05) is 31.0 Å². The van der Waals surface area contributed by atoms with Crippen LogP contribution in [0.1, 0.15) is 52.5 Å². The van der Waals surface area contributed by atoms with E-state index in [0.29, 0.717) is 0 Å². The van der Waals surface area contributed by atoms with Gasteiger partial charge in [0.1, 0.15) is 0 Å². The maximum absolute atomic E-state index is 6.51. The molecule has 1 aromatic carbocycles. The van der Waals surface area contributed by atoms with Crippen molar-refractivity contribution in [2.75, 3.05) is 18.0 Å². The van der Waals surface area contributed by atoms with Crippen LogP contribution in [0, 0.1) is 5.92 Å². The first-order chi connectivity index (χ1) is 9.89. The van der Waals surface area contributed by atoms with E-state index in [1.54, 1.807) is 0 Å². The predicted molar refractivity (Wildman–Crippen MR) is 93.3 cm³/mol. The van der Waals surface area contributed by atoms with Crippen LogP contribution in [-0.4, -0.2) is 18.6 Å². The lowest BCUT2D eigenvalue weighted by Gasteiger charge is -2.23. The first-order valence-corrected chi connectivity index (χ1v) is 8.55. The zero-order chi connectivity index (χ0) is 15.5. The topological polar surface area (TPSA) is 15.3 Å². The van der Waals surface area contributed by atoms with E-state index in [9.17, 15) is 0 Å². The van der Waals surface area contributed by atoms with Gasteiger partial charge < -0.3 is 10.2 Å². The second-order valence-electron chi connectivity index (χ2n) is 7.28. The summed E-state index contributed by atoms with van der Waals surface area (Å²) >= 11 is 6.51. The molecule has 2 rings (SSSR count). The highest BCUT2D eigenvalue weighted by Crippen LogP contribution is 2.32. The molecule has 1 unspecified atom stereocenters. The molecule has 1 aliphatic rings. The summed E-state index contributed by atoms with van der Waals surface area (Å²) in [6.07, 6.45) is 3.92. The van der Waals surface area contributed by atoms with Crippen LogP contribution in [0.2, 0.25) is 5.02 Å². The highest BCUT2D eigenvalue weighted by atomic mass is 35.5. The van der Waals surface area contributed by atoms with Crippen molar-refractivity contribution in [1.82, 2.24) is 5.32 Å². The summed E-state index contributed by atoms with van der Waals surface area (Å²) in [5, 5.41) is 4.40. The average molecular weight is 309 g/mol. The number of nitrogens with zero attached hydrogens (tertiary/aromatic N) is 1. The molecule has 1 atom stereocenters. The largest absolute Gasteiger partial charge is 0.370 e. The molecule has 0 radical (unpaired) electrons. The maximum Gasteiger partial charge on any atom is 0.0642 e. The van der Waals surface area contributed by atoms with E-state index in [-0.39, 0.29) is 5.54 Å². The van der Waals surface area contributed by atoms with E-state index in [1.807, 2.05) is 0 Å². The molecule has 0 aliphatic carbocycles. The lowest BCUT2D eigenvalue weighted by Crippen LogP contribution is -2.35. The fraction of sp³-hybridized carbons (Fsp3) is 0.667. The summed E-state index contributed by atoms with van der Waals surface area (Å²) in [6.45, 7) is 12.0. The number of halogens is 1. The molecule has 0 saturated carbocycles. The highest BCUT2D eigenvalue weighted by Gasteiger charge is 2.23. The van der Waals surface area contributed by atoms with Crippen LogP contribution in [0.3, 0.4) is 0 Å². The van der Waals surface area contributed by atoms with Crippen LogP contribution in [-0.2, 0) is 6.54 Å². The van der Waals surface area contributed by atoms with Crippen LogP contribution >= 0.6 is 11.6 Å². The molecule has 1 N–H and O–H groups in total. The van der Waals surface area contributed by atoms with E-state index < -0.39 is 0 Å². The number of nitrogens with one attached hydrogen (secondary N) is 1. The summed E-state index contributed by atoms with van der Waals surface area (Å²) in [7, 11) is 0. The van der Waals surface area contributed by atoms with Gasteiger partial charge in [-0.3, -0.25) is 0 Å². The monoisotopic (exact) mass is 308 g/mol. The van der Waals surface area contributed by atoms with Gasteiger partial charge in [0.2, 0.25) is 0 Å². The number of benzene rings is 1. The summed E-state index contributed by atoms with van der Waals surface area (Å²) in [5.74, 6) is 0.841. The fourth-order valence-electron chi connectivity index (χ4n) is 2.98. The Hall–Kier alpha value is -0.730. The smallest absolute Gasteiger partial charge is 0.0642 e. The summed E-state index contributed by atoms with van der Waals surface area (Å²) in [6, 6.07) is 6.51. The van der Waals surface area contributed by atoms with Crippen LogP contribution < -0.4 is 10.2 Å². The van der Waals surface area contributed by atoms with Gasteiger partial charge >= 0.3 is 0 Å². The molecule has 0 aromatic heterocycles. The predicted octanol–water partition coefficient (Wildman–Crippen LogP) is 4.85. The first kappa shape index (κ1) is 16.6. The Morgan fingerprint density at radius 1 is 1.33 bits per heavy atom. The van der Waals surface area contributed by atoms with Crippen LogP contribution in [0.5, 0.6) is 0 Å². The third-order valence-corrected chi connectivity index (χ3v) is 4.46. The molecule has 3 heteroatoms. The Balaban J connectivity index is 1.99. The molecule has 0 spiro atoms. The SMILES string of the molecule is CCCC1CCN(c2ccc(CNC(C)(C)C)cc2Cl)C1. The van der Waals surface area contributed by atoms with E-state index in [0.717, 1.165) is 30.6 Å². The van der Waals surface area contributed by atoms with Gasteiger partial charge in [0.25, 0.3) is 0 Å². The first-order valence-electron chi connectivity index (χ1n) is 8.17. The number of rotatable bonds is 5. The standard InChI is InChI=1S/C18H29ClN2/c1-5-6-14-9-10-21(13-14)17-8-7-15(11-16(17)19)12-20-18(2,3)4/h7-8,11,14,20H,5-6,9-10,12-13H2,1-4H3. The molecule has 1 fully saturated rings. The average Bonchev–Trinajstić information content (AvgIpc) is 2.84. The molecule has 118 valence electrons. The fourth-order valence-corrected chi connectivity index (χ4v) is 3.30. The third kappa shape index (κ3) is 4.89. The van der Waals surface area contributed by atoms with E-state index in [1.165, 1.54) is 30.5 Å². The number of hydrogen-bond donors (Lipinski definition) is 1. The molecule has 2 nitrogen and oxygen atoms in total. The molecular weight excluding hydrogens is 280 g/mol. The summed E-state index contributed by atoms with van der Waals surface area (Å²) in [4.78, 5) is 2.45. The molecule has 1 saturated heterocycles. The lowest BCUT2D eigenvalue weighted by molar-refractivity contribution is 0.424. The van der Waals surface area contributed by atoms with Crippen molar-refractivity contribution in [3.63, 3.8) is 0 Å². The summed E-state index contributed by atoms with van der Waals surface area (Å²) in [5.41, 5.74) is 2.59. The molecule has 1 heterocycles. The van der Waals surface area contributed by atoms with Gasteiger partial charge in [-0.25, -0.2) is 0 Å². The Kier molecular flexibility index (Phi) is 5.56. The molecule has 1 aromatic rings. The minimum atomic E-state index is 0.132. The number of hydrogen-bond acceptors (Lipinski definition) is 2. The van der Waals surface area contributed by atoms with E-state index in [2.05, 4.69) is 56.1 Å². The van der Waals surface area contributed by atoms with Gasteiger partial charge in [0.05, 0.1) is 10.7 Å². The molecule has 0 bridgehead atoms. The van der Waals surface area contributed by atoms with Crippen LogP contribution in [0.25, 0.3) is 0 Å². The number of anilines is 1. The van der Waals surface area contributed by atoms with Crippen LogP contribution in [0.4, 0.5) is 5.69 Å². The van der Waals surface area contributed by atoms with Crippen molar-refractivity contribution in [2.24, 2.45) is 5.92 Å². The lowest BCUT2D eigenvalue weighted by atomic mass is 10.0. The zero-order valence-electron chi connectivity index (χ0n) is 13.9. The maximum atomic E-state index is 6.51. The Morgan fingerprint density at radius 3 is 2.71 bits per heavy atom. The zero-order valence-corrected chi connectivity index (χ0v) is 14.6. The van der Waals surface area contributed by atoms with Gasteiger partial charge in [0, 0.05) is 25.2 Å². The highest BCUT2D eigenvalue weighted by molar-refractivity contribution is 6.33. The molecule has 0 amide bonds. The Labute approximate surface area is 134 Å². The van der Waals surface area contributed by atoms with E-state index in [4.69, 9.17) is 11.6 Å². The normalized spacial score (nSPS) is 19.3. The molecular formula is C18H29ClN2. The minimum absolute atomic E-state index is 0.132. The van der Waals surface area contributed by atoms with Crippen molar-refractivity contribution in [3.05, 3.63) is 28.8 Å². The quantitative estimate of drug-likeness (QED) is 0.836.